The topological polar surface area (TPSA) is 43.1 Å². The number of carbonyl (C=O) groups excluding carboxylic acids is 1. The van der Waals surface area contributed by atoms with Gasteiger partial charge in [0, 0.05) is 5.92 Å². The lowest BCUT2D eigenvalue weighted by atomic mass is 9.76. The van der Waals surface area contributed by atoms with E-state index in [0.29, 0.717) is 5.92 Å². The maximum Gasteiger partial charge on any atom is 0.155 e. The van der Waals surface area contributed by atoms with E-state index in [4.69, 9.17) is 5.73 Å². The van der Waals surface area contributed by atoms with Gasteiger partial charge in [0.2, 0.25) is 0 Å². The predicted molar refractivity (Wildman–Crippen MR) is 54.4 cm³/mol. The van der Waals surface area contributed by atoms with E-state index in [2.05, 4.69) is 6.92 Å². The Balaban J connectivity index is 2.56. The normalized spacial score (nSPS) is 30.2. The molecule has 0 heterocycles. The van der Waals surface area contributed by atoms with Crippen LogP contribution in [0.5, 0.6) is 0 Å². The molecule has 2 N–H and O–H groups in total. The maximum absolute atomic E-state index is 11.8. The van der Waals surface area contributed by atoms with Gasteiger partial charge in [-0.15, -0.1) is 0 Å². The molecular weight excluding hydrogens is 162 g/mol. The van der Waals surface area contributed by atoms with Crippen molar-refractivity contribution in [3.05, 3.63) is 0 Å². The summed E-state index contributed by atoms with van der Waals surface area (Å²) in [5.74, 6) is 1.17. The van der Waals surface area contributed by atoms with Crippen LogP contribution >= 0.6 is 0 Å². The van der Waals surface area contributed by atoms with Crippen molar-refractivity contribution in [2.45, 2.75) is 52.0 Å². The van der Waals surface area contributed by atoms with Crippen LogP contribution in [0.4, 0.5) is 0 Å². The number of hydrogen-bond acceptors (Lipinski definition) is 2. The lowest BCUT2D eigenvalue weighted by Gasteiger charge is -2.30. The zero-order valence-corrected chi connectivity index (χ0v) is 8.97. The van der Waals surface area contributed by atoms with Crippen LogP contribution in [0.25, 0.3) is 0 Å². The Morgan fingerprint density at radius 3 is 2.46 bits per heavy atom. The molecule has 0 spiro atoms. The van der Waals surface area contributed by atoms with Gasteiger partial charge >= 0.3 is 0 Å². The zero-order valence-electron chi connectivity index (χ0n) is 8.97. The molecule has 1 rings (SSSR count). The van der Waals surface area contributed by atoms with Crippen molar-refractivity contribution in [1.29, 1.82) is 0 Å². The van der Waals surface area contributed by atoms with Gasteiger partial charge in [0.1, 0.15) is 0 Å². The molecule has 0 amide bonds. The molecule has 2 atom stereocenters. The van der Waals surface area contributed by atoms with Gasteiger partial charge in [-0.3, -0.25) is 4.79 Å². The monoisotopic (exact) mass is 183 g/mol. The van der Waals surface area contributed by atoms with Gasteiger partial charge in [0.15, 0.2) is 5.78 Å². The fraction of sp³-hybridized carbons (Fsp3) is 0.909. The smallest absolute Gasteiger partial charge is 0.155 e. The Bertz CT molecular complexity index is 193. The first kappa shape index (κ1) is 10.7. The van der Waals surface area contributed by atoms with E-state index in [0.717, 1.165) is 12.8 Å². The predicted octanol–water partition coefficient (Wildman–Crippen LogP) is 2.12. The summed E-state index contributed by atoms with van der Waals surface area (Å²) in [4.78, 5) is 11.8. The Morgan fingerprint density at radius 2 is 2.00 bits per heavy atom. The van der Waals surface area contributed by atoms with Gasteiger partial charge in [0.05, 0.1) is 5.54 Å². The molecule has 1 aliphatic carbocycles. The highest BCUT2D eigenvalue weighted by atomic mass is 16.1. The summed E-state index contributed by atoms with van der Waals surface area (Å²) in [6, 6.07) is 0. The van der Waals surface area contributed by atoms with Crippen molar-refractivity contribution in [1.82, 2.24) is 0 Å². The lowest BCUT2D eigenvalue weighted by molar-refractivity contribution is -0.128. The van der Waals surface area contributed by atoms with Crippen molar-refractivity contribution in [2.75, 3.05) is 0 Å². The van der Waals surface area contributed by atoms with E-state index < -0.39 is 5.54 Å². The first-order chi connectivity index (χ1) is 5.91. The molecule has 0 bridgehead atoms. The van der Waals surface area contributed by atoms with Gasteiger partial charge in [-0.2, -0.15) is 0 Å². The number of hydrogen-bond donors (Lipinski definition) is 1. The molecule has 0 radical (unpaired) electrons. The largest absolute Gasteiger partial charge is 0.319 e. The van der Waals surface area contributed by atoms with E-state index in [-0.39, 0.29) is 11.7 Å². The number of nitrogens with two attached hydrogens (primary N) is 1. The Labute approximate surface area is 80.9 Å². The third kappa shape index (κ3) is 2.80. The second kappa shape index (κ2) is 3.79. The number of rotatable bonds is 2. The number of Topliss-reactive ketones (excluding diaryl/α,β-unsaturated/α-hetero) is 1. The van der Waals surface area contributed by atoms with E-state index in [1.54, 1.807) is 0 Å². The first-order valence-corrected chi connectivity index (χ1v) is 5.24. The third-order valence-corrected chi connectivity index (χ3v) is 2.94. The summed E-state index contributed by atoms with van der Waals surface area (Å²) in [5, 5.41) is 0. The van der Waals surface area contributed by atoms with Crippen LogP contribution in [-0.4, -0.2) is 11.3 Å². The van der Waals surface area contributed by atoms with Gasteiger partial charge in [-0.1, -0.05) is 19.8 Å². The Kier molecular flexibility index (Phi) is 3.12. The van der Waals surface area contributed by atoms with Crippen LogP contribution in [0.2, 0.25) is 0 Å². The molecule has 0 aromatic heterocycles. The molecule has 0 saturated heterocycles. The second-order valence-corrected chi connectivity index (χ2v) is 5.05. The highest BCUT2D eigenvalue weighted by Gasteiger charge is 2.32. The summed E-state index contributed by atoms with van der Waals surface area (Å²) < 4.78 is 0. The maximum atomic E-state index is 11.8. The summed E-state index contributed by atoms with van der Waals surface area (Å²) in [6.45, 7) is 5.85. The average Bonchev–Trinajstić information content (AvgIpc) is 2.01. The van der Waals surface area contributed by atoms with E-state index in [1.165, 1.54) is 12.8 Å². The minimum Gasteiger partial charge on any atom is -0.319 e. The van der Waals surface area contributed by atoms with Crippen molar-refractivity contribution >= 4 is 5.78 Å². The molecule has 0 aromatic carbocycles. The first-order valence-electron chi connectivity index (χ1n) is 5.24. The van der Waals surface area contributed by atoms with Crippen molar-refractivity contribution in [3.63, 3.8) is 0 Å². The van der Waals surface area contributed by atoms with E-state index >= 15 is 0 Å². The van der Waals surface area contributed by atoms with Crippen LogP contribution in [-0.2, 0) is 4.79 Å². The number of ketones is 1. The highest BCUT2D eigenvalue weighted by molar-refractivity contribution is 5.89. The molecule has 0 aromatic rings. The fourth-order valence-corrected chi connectivity index (χ4v) is 2.20. The quantitative estimate of drug-likeness (QED) is 0.712. The standard InChI is InChI=1S/C11H21NO/c1-8-5-4-6-9(7-8)10(13)11(2,3)12/h8-9H,4-7,12H2,1-3H3. The van der Waals surface area contributed by atoms with Gasteiger partial charge in [-0.05, 0) is 32.6 Å². The lowest BCUT2D eigenvalue weighted by Crippen LogP contribution is -2.46. The molecule has 1 saturated carbocycles. The van der Waals surface area contributed by atoms with Gasteiger partial charge in [-0.25, -0.2) is 0 Å². The van der Waals surface area contributed by atoms with Crippen LogP contribution in [0.15, 0.2) is 0 Å². The average molecular weight is 183 g/mol. The molecule has 2 nitrogen and oxygen atoms in total. The van der Waals surface area contributed by atoms with Gasteiger partial charge < -0.3 is 5.73 Å². The van der Waals surface area contributed by atoms with Gasteiger partial charge in [0.25, 0.3) is 0 Å². The minimum atomic E-state index is -0.637. The molecule has 0 aliphatic heterocycles. The summed E-state index contributed by atoms with van der Waals surface area (Å²) in [6.07, 6.45) is 4.55. The molecule has 1 aliphatic rings. The number of carbonyl (C=O) groups is 1. The van der Waals surface area contributed by atoms with E-state index in [1.807, 2.05) is 13.8 Å². The summed E-state index contributed by atoms with van der Waals surface area (Å²) in [5.41, 5.74) is 5.17. The van der Waals surface area contributed by atoms with Crippen molar-refractivity contribution < 1.29 is 4.79 Å². The van der Waals surface area contributed by atoms with Crippen LogP contribution in [0.3, 0.4) is 0 Å². The second-order valence-electron chi connectivity index (χ2n) is 5.05. The third-order valence-electron chi connectivity index (χ3n) is 2.94. The summed E-state index contributed by atoms with van der Waals surface area (Å²) in [7, 11) is 0. The zero-order chi connectivity index (χ0) is 10.1. The fourth-order valence-electron chi connectivity index (χ4n) is 2.20. The minimum absolute atomic E-state index is 0.226. The molecule has 13 heavy (non-hydrogen) atoms. The molecule has 76 valence electrons. The molecule has 2 unspecified atom stereocenters. The molecular formula is C11H21NO. The van der Waals surface area contributed by atoms with Crippen LogP contribution in [0.1, 0.15) is 46.5 Å². The Hall–Kier alpha value is -0.370. The molecule has 2 heteroatoms. The van der Waals surface area contributed by atoms with Crippen LogP contribution in [0, 0.1) is 11.8 Å². The van der Waals surface area contributed by atoms with Crippen molar-refractivity contribution in [3.8, 4) is 0 Å². The van der Waals surface area contributed by atoms with Crippen LogP contribution < -0.4 is 5.73 Å². The van der Waals surface area contributed by atoms with E-state index in [9.17, 15) is 4.79 Å². The SMILES string of the molecule is CC1CCCC(C(=O)C(C)(C)N)C1. The van der Waals surface area contributed by atoms with Crippen molar-refractivity contribution in [2.24, 2.45) is 17.6 Å². The molecule has 1 fully saturated rings. The highest BCUT2D eigenvalue weighted by Crippen LogP contribution is 2.30. The Morgan fingerprint density at radius 1 is 1.38 bits per heavy atom. The summed E-state index contributed by atoms with van der Waals surface area (Å²) >= 11 is 0.